The van der Waals surface area contributed by atoms with Crippen molar-refractivity contribution in [2.75, 3.05) is 14.2 Å². The maximum atomic E-state index is 13.2. The molecule has 0 aliphatic heterocycles. The van der Waals surface area contributed by atoms with Gasteiger partial charge >= 0.3 is 6.61 Å². The Morgan fingerprint density at radius 1 is 1.06 bits per heavy atom. The van der Waals surface area contributed by atoms with Crippen LogP contribution in [0.3, 0.4) is 0 Å². The smallest absolute Gasteiger partial charge is 0.387 e. The summed E-state index contributed by atoms with van der Waals surface area (Å²) in [6.45, 7) is -3.11. The van der Waals surface area contributed by atoms with E-state index in [1.165, 1.54) is 20.3 Å². The SMILES string of the molecule is COc1ccc(-c2ccn3c(-c4cc(OC)c(C(=O)NC5CC5)c(OC(F)F)c4)cnc3c2)nn1. The van der Waals surface area contributed by atoms with Crippen LogP contribution in [0.5, 0.6) is 17.4 Å². The molecular formula is C24H21F2N5O4. The lowest BCUT2D eigenvalue weighted by atomic mass is 10.1. The molecule has 1 saturated carbocycles. The molecule has 1 aromatic carbocycles. The summed E-state index contributed by atoms with van der Waals surface area (Å²) < 4.78 is 43.4. The van der Waals surface area contributed by atoms with E-state index in [-0.39, 0.29) is 23.1 Å². The van der Waals surface area contributed by atoms with Crippen LogP contribution in [0.15, 0.2) is 48.8 Å². The molecule has 3 aromatic heterocycles. The van der Waals surface area contributed by atoms with E-state index in [1.807, 2.05) is 12.1 Å². The molecule has 0 unspecified atom stereocenters. The Balaban J connectivity index is 1.55. The number of ether oxygens (including phenoxy) is 3. The number of alkyl halides is 2. The second-order valence-corrected chi connectivity index (χ2v) is 7.93. The molecule has 0 bridgehead atoms. The average Bonchev–Trinajstić information content (AvgIpc) is 3.57. The minimum absolute atomic E-state index is 0.0367. The van der Waals surface area contributed by atoms with Crippen LogP contribution < -0.4 is 19.5 Å². The summed E-state index contributed by atoms with van der Waals surface area (Å²) in [4.78, 5) is 17.2. The van der Waals surface area contributed by atoms with Crippen molar-refractivity contribution >= 4 is 11.6 Å². The maximum absolute atomic E-state index is 13.2. The van der Waals surface area contributed by atoms with Crippen molar-refractivity contribution in [2.24, 2.45) is 0 Å². The van der Waals surface area contributed by atoms with Gasteiger partial charge in [0.05, 0.1) is 31.8 Å². The molecule has 0 atom stereocenters. The Kier molecular flexibility index (Phi) is 5.89. The fraction of sp³-hybridized carbons (Fsp3) is 0.250. The number of aromatic nitrogens is 4. The van der Waals surface area contributed by atoms with Gasteiger partial charge in [-0.3, -0.25) is 9.20 Å². The van der Waals surface area contributed by atoms with Crippen molar-refractivity contribution in [1.82, 2.24) is 24.9 Å². The van der Waals surface area contributed by atoms with Gasteiger partial charge in [0.15, 0.2) is 0 Å². The Hall–Kier alpha value is -4.28. The summed E-state index contributed by atoms with van der Waals surface area (Å²) in [6.07, 6.45) is 5.09. The number of nitrogens with one attached hydrogen (secondary N) is 1. The summed E-state index contributed by atoms with van der Waals surface area (Å²) in [5, 5.41) is 10.9. The van der Waals surface area contributed by atoms with Gasteiger partial charge in [0, 0.05) is 29.4 Å². The lowest BCUT2D eigenvalue weighted by Crippen LogP contribution is -2.26. The summed E-state index contributed by atoms with van der Waals surface area (Å²) in [5.41, 5.74) is 3.04. The van der Waals surface area contributed by atoms with E-state index in [0.29, 0.717) is 28.5 Å². The van der Waals surface area contributed by atoms with Crippen molar-refractivity contribution in [3.05, 3.63) is 54.4 Å². The molecule has 4 aromatic rings. The molecule has 1 aliphatic rings. The number of fused-ring (bicyclic) bond motifs is 1. The van der Waals surface area contributed by atoms with Gasteiger partial charge in [0.2, 0.25) is 5.88 Å². The summed E-state index contributed by atoms with van der Waals surface area (Å²) >= 11 is 0. The molecule has 180 valence electrons. The van der Waals surface area contributed by atoms with Gasteiger partial charge in [-0.05, 0) is 43.2 Å². The number of pyridine rings is 1. The molecule has 0 saturated heterocycles. The lowest BCUT2D eigenvalue weighted by molar-refractivity contribution is -0.0502. The third-order valence-corrected chi connectivity index (χ3v) is 5.60. The molecule has 35 heavy (non-hydrogen) atoms. The van der Waals surface area contributed by atoms with Crippen LogP contribution in [0.2, 0.25) is 0 Å². The fourth-order valence-corrected chi connectivity index (χ4v) is 3.73. The average molecular weight is 481 g/mol. The van der Waals surface area contributed by atoms with Crippen molar-refractivity contribution < 1.29 is 27.8 Å². The molecule has 3 heterocycles. The first-order chi connectivity index (χ1) is 17.0. The van der Waals surface area contributed by atoms with Crippen LogP contribution in [0, 0.1) is 0 Å². The van der Waals surface area contributed by atoms with E-state index >= 15 is 0 Å². The second kappa shape index (κ2) is 9.16. The zero-order valence-corrected chi connectivity index (χ0v) is 18.9. The monoisotopic (exact) mass is 481 g/mol. The van der Waals surface area contributed by atoms with Crippen molar-refractivity contribution in [2.45, 2.75) is 25.5 Å². The zero-order chi connectivity index (χ0) is 24.5. The van der Waals surface area contributed by atoms with Gasteiger partial charge < -0.3 is 19.5 Å². The highest BCUT2D eigenvalue weighted by molar-refractivity contribution is 6.01. The largest absolute Gasteiger partial charge is 0.496 e. The van der Waals surface area contributed by atoms with Crippen molar-refractivity contribution in [3.63, 3.8) is 0 Å². The number of hydrogen-bond acceptors (Lipinski definition) is 7. The molecular weight excluding hydrogens is 460 g/mol. The number of benzene rings is 1. The van der Waals surface area contributed by atoms with Crippen molar-refractivity contribution in [3.8, 4) is 39.9 Å². The normalized spacial score (nSPS) is 13.2. The first kappa shape index (κ1) is 22.5. The van der Waals surface area contributed by atoms with Gasteiger partial charge in [0.25, 0.3) is 5.91 Å². The number of imidazole rings is 1. The molecule has 1 aliphatic carbocycles. The Morgan fingerprint density at radius 3 is 2.51 bits per heavy atom. The Labute approximate surface area is 198 Å². The predicted molar refractivity (Wildman–Crippen MR) is 122 cm³/mol. The molecule has 0 radical (unpaired) electrons. The number of carbonyl (C=O) groups excluding carboxylic acids is 1. The van der Waals surface area contributed by atoms with E-state index in [9.17, 15) is 13.6 Å². The molecule has 1 amide bonds. The fourth-order valence-electron chi connectivity index (χ4n) is 3.73. The quantitative estimate of drug-likeness (QED) is 0.407. The highest BCUT2D eigenvalue weighted by Crippen LogP contribution is 2.37. The molecule has 11 heteroatoms. The van der Waals surface area contributed by atoms with Crippen LogP contribution >= 0.6 is 0 Å². The lowest BCUT2D eigenvalue weighted by Gasteiger charge is -2.16. The van der Waals surface area contributed by atoms with E-state index in [1.54, 1.807) is 35.0 Å². The maximum Gasteiger partial charge on any atom is 0.387 e. The Bertz CT molecular complexity index is 1390. The van der Waals surface area contributed by atoms with Gasteiger partial charge in [-0.25, -0.2) is 4.98 Å². The number of amides is 1. The molecule has 1 N–H and O–H groups in total. The highest BCUT2D eigenvalue weighted by atomic mass is 19.3. The number of hydrogen-bond donors (Lipinski definition) is 1. The topological polar surface area (TPSA) is 99.9 Å². The summed E-state index contributed by atoms with van der Waals surface area (Å²) in [7, 11) is 2.89. The van der Waals surface area contributed by atoms with Crippen LogP contribution in [0.4, 0.5) is 8.78 Å². The van der Waals surface area contributed by atoms with E-state index in [4.69, 9.17) is 14.2 Å². The van der Waals surface area contributed by atoms with E-state index in [2.05, 4.69) is 20.5 Å². The first-order valence-electron chi connectivity index (χ1n) is 10.8. The van der Waals surface area contributed by atoms with Gasteiger partial charge in [-0.1, -0.05) is 0 Å². The minimum Gasteiger partial charge on any atom is -0.496 e. The summed E-state index contributed by atoms with van der Waals surface area (Å²) in [5.74, 6) is -0.262. The first-order valence-corrected chi connectivity index (χ1v) is 10.8. The molecule has 9 nitrogen and oxygen atoms in total. The molecule has 0 spiro atoms. The van der Waals surface area contributed by atoms with Crippen LogP contribution in [-0.4, -0.2) is 52.4 Å². The van der Waals surface area contributed by atoms with Crippen LogP contribution in [-0.2, 0) is 0 Å². The van der Waals surface area contributed by atoms with E-state index in [0.717, 1.165) is 18.4 Å². The third kappa shape index (κ3) is 4.57. The predicted octanol–water partition coefficient (Wildman–Crippen LogP) is 3.97. The van der Waals surface area contributed by atoms with E-state index < -0.39 is 12.5 Å². The highest BCUT2D eigenvalue weighted by Gasteiger charge is 2.29. The van der Waals surface area contributed by atoms with Gasteiger partial charge in [0.1, 0.15) is 22.7 Å². The zero-order valence-electron chi connectivity index (χ0n) is 18.9. The molecule has 1 fully saturated rings. The van der Waals surface area contributed by atoms with Crippen LogP contribution in [0.1, 0.15) is 23.2 Å². The number of rotatable bonds is 8. The standard InChI is InChI=1S/C24H21F2N5O4/c1-33-18-9-14(10-19(35-24(25)26)22(18)23(32)28-15-3-4-15)17-12-27-20-11-13(7-8-31(17)20)16-5-6-21(34-2)30-29-16/h5-12,15,24H,3-4H2,1-2H3,(H,28,32). The number of halogens is 2. The molecule has 5 rings (SSSR count). The van der Waals surface area contributed by atoms with Crippen LogP contribution in [0.25, 0.3) is 28.2 Å². The second-order valence-electron chi connectivity index (χ2n) is 7.93. The van der Waals surface area contributed by atoms with Gasteiger partial charge in [-0.2, -0.15) is 8.78 Å². The number of methoxy groups -OCH3 is 2. The number of carbonyl (C=O) groups is 1. The third-order valence-electron chi connectivity index (χ3n) is 5.60. The minimum atomic E-state index is -3.11. The summed E-state index contributed by atoms with van der Waals surface area (Å²) in [6, 6.07) is 10.2. The number of nitrogens with zero attached hydrogens (tertiary/aromatic N) is 4. The Morgan fingerprint density at radius 2 is 1.86 bits per heavy atom. The van der Waals surface area contributed by atoms with Gasteiger partial charge in [-0.15, -0.1) is 10.2 Å². The van der Waals surface area contributed by atoms with Crippen molar-refractivity contribution in [1.29, 1.82) is 0 Å².